The normalized spacial score (nSPS) is 17.1. The van der Waals surface area contributed by atoms with Crippen LogP contribution in [0.15, 0.2) is 55.1 Å². The number of hydrogen-bond donors (Lipinski definition) is 0. The van der Waals surface area contributed by atoms with Gasteiger partial charge in [-0.3, -0.25) is 0 Å². The number of rotatable bonds is 15. The van der Waals surface area contributed by atoms with Crippen molar-refractivity contribution in [1.29, 1.82) is 5.26 Å². The minimum absolute atomic E-state index is 0.311. The smallest absolute Gasteiger partial charge is 0.343 e. The highest BCUT2D eigenvalue weighted by molar-refractivity contribution is 5.91. The van der Waals surface area contributed by atoms with Crippen LogP contribution < -0.4 is 9.47 Å². The van der Waals surface area contributed by atoms with Crippen LogP contribution in [0.5, 0.6) is 11.5 Å². The molecule has 0 radical (unpaired) electrons. The van der Waals surface area contributed by atoms with Crippen LogP contribution in [0.1, 0.15) is 105 Å². The first-order valence-electron chi connectivity index (χ1n) is 14.2. The minimum Gasteiger partial charge on any atom is -0.494 e. The summed E-state index contributed by atoms with van der Waals surface area (Å²) in [6.45, 7) is 6.63. The van der Waals surface area contributed by atoms with Crippen LogP contribution in [0, 0.1) is 23.2 Å². The third kappa shape index (κ3) is 9.73. The van der Waals surface area contributed by atoms with E-state index in [1.54, 1.807) is 30.3 Å². The van der Waals surface area contributed by atoms with Crippen molar-refractivity contribution in [1.82, 2.24) is 0 Å². The number of nitriles is 1. The molecule has 0 aromatic heterocycles. The Morgan fingerprint density at radius 2 is 1.73 bits per heavy atom. The maximum atomic E-state index is 12.7. The Bertz CT molecular complexity index is 1010. The number of aryl methyl sites for hydroxylation is 1. The average Bonchev–Trinajstić information content (AvgIpc) is 2.93. The maximum absolute atomic E-state index is 12.7. The third-order valence-electron chi connectivity index (χ3n) is 7.55. The zero-order valence-electron chi connectivity index (χ0n) is 22.6. The van der Waals surface area contributed by atoms with Gasteiger partial charge >= 0.3 is 5.97 Å². The number of carbonyl (C=O) groups is 1. The first-order valence-corrected chi connectivity index (χ1v) is 14.2. The molecule has 4 heteroatoms. The number of nitrogens with zero attached hydrogens (tertiary/aromatic N) is 1. The number of esters is 1. The maximum Gasteiger partial charge on any atom is 0.343 e. The summed E-state index contributed by atoms with van der Waals surface area (Å²) in [4.78, 5) is 12.7. The van der Waals surface area contributed by atoms with E-state index >= 15 is 0 Å². The molecule has 37 heavy (non-hydrogen) atoms. The first-order chi connectivity index (χ1) is 18.1. The molecule has 0 saturated heterocycles. The van der Waals surface area contributed by atoms with Crippen molar-refractivity contribution < 1.29 is 14.3 Å². The second kappa shape index (κ2) is 15.9. The largest absolute Gasteiger partial charge is 0.494 e. The molecule has 0 bridgehead atoms. The van der Waals surface area contributed by atoms with Gasteiger partial charge in [-0.05, 0) is 85.9 Å². The Labute approximate surface area is 223 Å². The molecule has 4 nitrogen and oxygen atoms in total. The molecular formula is C33H43NO3. The molecule has 1 aliphatic rings. The molecular weight excluding hydrogens is 458 g/mol. The Hall–Kier alpha value is -3.06. The summed E-state index contributed by atoms with van der Waals surface area (Å²) >= 11 is 0. The lowest BCUT2D eigenvalue weighted by molar-refractivity contribution is 0.0734. The number of ether oxygens (including phenoxy) is 2. The van der Waals surface area contributed by atoms with Crippen molar-refractivity contribution in [3.05, 3.63) is 71.8 Å². The zero-order valence-corrected chi connectivity index (χ0v) is 22.6. The standard InChI is InChI=1S/C33H43NO3/c1-3-5-7-9-23-36-31-20-18-29(19-21-31)33(35)37-32-22-17-28(24-30(32)25-34)16-15-27-13-11-26(12-14-27)10-8-6-4-2/h3,17-22,24,26-27H,1,4-16,23H2,2H3/t26-,27-. The Morgan fingerprint density at radius 3 is 2.41 bits per heavy atom. The number of hydrogen-bond acceptors (Lipinski definition) is 4. The van der Waals surface area contributed by atoms with Gasteiger partial charge in [0.2, 0.25) is 0 Å². The predicted molar refractivity (Wildman–Crippen MR) is 150 cm³/mol. The predicted octanol–water partition coefficient (Wildman–Crippen LogP) is 8.83. The number of benzene rings is 2. The van der Waals surface area contributed by atoms with E-state index in [-0.39, 0.29) is 0 Å². The van der Waals surface area contributed by atoms with E-state index in [0.29, 0.717) is 23.5 Å². The molecule has 0 N–H and O–H groups in total. The lowest BCUT2D eigenvalue weighted by Crippen LogP contribution is -2.15. The van der Waals surface area contributed by atoms with Gasteiger partial charge in [-0.2, -0.15) is 5.26 Å². The molecule has 198 valence electrons. The summed E-state index contributed by atoms with van der Waals surface area (Å²) in [5.41, 5.74) is 1.97. The van der Waals surface area contributed by atoms with Gasteiger partial charge in [-0.15, -0.1) is 6.58 Å². The SMILES string of the molecule is C=CCCCCOc1ccc(C(=O)Oc2ccc(CC[C@H]3CC[C@H](CCCCC)CC3)cc2C#N)cc1. The molecule has 2 aromatic rings. The molecule has 0 unspecified atom stereocenters. The van der Waals surface area contributed by atoms with Crippen molar-refractivity contribution in [2.75, 3.05) is 6.61 Å². The van der Waals surface area contributed by atoms with Crippen LogP contribution in [-0.2, 0) is 6.42 Å². The fraction of sp³-hybridized carbons (Fsp3) is 0.515. The number of carbonyl (C=O) groups excluding carboxylic acids is 1. The lowest BCUT2D eigenvalue weighted by Gasteiger charge is -2.28. The summed E-state index contributed by atoms with van der Waals surface area (Å²) in [7, 11) is 0. The Kier molecular flexibility index (Phi) is 12.3. The molecule has 0 atom stereocenters. The second-order valence-corrected chi connectivity index (χ2v) is 10.4. The highest BCUT2D eigenvalue weighted by Gasteiger charge is 2.21. The van der Waals surface area contributed by atoms with Gasteiger partial charge in [0.15, 0.2) is 0 Å². The van der Waals surface area contributed by atoms with E-state index in [9.17, 15) is 10.1 Å². The summed E-state index contributed by atoms with van der Waals surface area (Å²) < 4.78 is 11.3. The fourth-order valence-corrected chi connectivity index (χ4v) is 5.20. The molecule has 1 fully saturated rings. The van der Waals surface area contributed by atoms with Crippen LogP contribution in [0.4, 0.5) is 0 Å². The van der Waals surface area contributed by atoms with E-state index in [1.165, 1.54) is 51.4 Å². The molecule has 0 heterocycles. The molecule has 1 saturated carbocycles. The van der Waals surface area contributed by atoms with Gasteiger partial charge in [-0.25, -0.2) is 4.79 Å². The Balaban J connectivity index is 1.46. The molecule has 0 spiro atoms. The van der Waals surface area contributed by atoms with E-state index in [1.807, 2.05) is 18.2 Å². The fourth-order valence-electron chi connectivity index (χ4n) is 5.20. The monoisotopic (exact) mass is 501 g/mol. The van der Waals surface area contributed by atoms with Crippen LogP contribution in [0.2, 0.25) is 0 Å². The number of allylic oxidation sites excluding steroid dienone is 1. The highest BCUT2D eigenvalue weighted by atomic mass is 16.5. The van der Waals surface area contributed by atoms with Crippen molar-refractivity contribution in [3.8, 4) is 17.6 Å². The van der Waals surface area contributed by atoms with Gasteiger partial charge < -0.3 is 9.47 Å². The Morgan fingerprint density at radius 1 is 1.00 bits per heavy atom. The van der Waals surface area contributed by atoms with Crippen molar-refractivity contribution in [2.24, 2.45) is 11.8 Å². The summed E-state index contributed by atoms with van der Waals surface area (Å²) in [6.07, 6.45) is 17.9. The molecule has 2 aromatic carbocycles. The second-order valence-electron chi connectivity index (χ2n) is 10.4. The van der Waals surface area contributed by atoms with E-state index in [4.69, 9.17) is 9.47 Å². The summed E-state index contributed by atoms with van der Waals surface area (Å²) in [6, 6.07) is 14.8. The summed E-state index contributed by atoms with van der Waals surface area (Å²) in [5.74, 6) is 2.27. The minimum atomic E-state index is -0.475. The average molecular weight is 502 g/mol. The van der Waals surface area contributed by atoms with Crippen LogP contribution >= 0.6 is 0 Å². The van der Waals surface area contributed by atoms with E-state index < -0.39 is 5.97 Å². The quantitative estimate of drug-likeness (QED) is 0.106. The van der Waals surface area contributed by atoms with Gasteiger partial charge in [0.1, 0.15) is 17.6 Å². The lowest BCUT2D eigenvalue weighted by atomic mass is 9.78. The number of unbranched alkanes of at least 4 members (excludes halogenated alkanes) is 4. The summed E-state index contributed by atoms with van der Waals surface area (Å²) in [5, 5.41) is 9.67. The third-order valence-corrected chi connectivity index (χ3v) is 7.55. The zero-order chi connectivity index (χ0) is 26.3. The molecule has 3 rings (SSSR count). The highest BCUT2D eigenvalue weighted by Crippen LogP contribution is 2.34. The van der Waals surface area contributed by atoms with E-state index in [2.05, 4.69) is 19.6 Å². The van der Waals surface area contributed by atoms with Crippen LogP contribution in [-0.4, -0.2) is 12.6 Å². The molecule has 0 aliphatic heterocycles. The van der Waals surface area contributed by atoms with Gasteiger partial charge in [0.05, 0.1) is 17.7 Å². The van der Waals surface area contributed by atoms with Crippen molar-refractivity contribution >= 4 is 5.97 Å². The first kappa shape index (κ1) is 28.5. The molecule has 1 aliphatic carbocycles. The van der Waals surface area contributed by atoms with Gasteiger partial charge in [-0.1, -0.05) is 70.4 Å². The van der Waals surface area contributed by atoms with Crippen LogP contribution in [0.3, 0.4) is 0 Å². The van der Waals surface area contributed by atoms with E-state index in [0.717, 1.165) is 55.3 Å². The van der Waals surface area contributed by atoms with Crippen molar-refractivity contribution in [3.63, 3.8) is 0 Å². The van der Waals surface area contributed by atoms with Crippen LogP contribution in [0.25, 0.3) is 0 Å². The molecule has 0 amide bonds. The van der Waals surface area contributed by atoms with Gasteiger partial charge in [0.25, 0.3) is 0 Å². The van der Waals surface area contributed by atoms with Gasteiger partial charge in [0, 0.05) is 0 Å². The topological polar surface area (TPSA) is 59.3 Å². The van der Waals surface area contributed by atoms with Crippen molar-refractivity contribution in [2.45, 2.75) is 90.4 Å².